The third kappa shape index (κ3) is 1.62. The van der Waals surface area contributed by atoms with Gasteiger partial charge in [0.1, 0.15) is 0 Å². The molecular weight excluding hydrogens is 273 g/mol. The van der Waals surface area contributed by atoms with E-state index in [1.807, 2.05) is 0 Å². The van der Waals surface area contributed by atoms with Gasteiger partial charge in [-0.25, -0.2) is 0 Å². The SMILES string of the molecule is Cc1cc(C)c2c(c1I)CCNC2. The van der Waals surface area contributed by atoms with Gasteiger partial charge in [-0.3, -0.25) is 0 Å². The molecule has 1 aromatic rings. The van der Waals surface area contributed by atoms with Gasteiger partial charge < -0.3 is 5.32 Å². The van der Waals surface area contributed by atoms with Gasteiger partial charge in [-0.2, -0.15) is 0 Å². The number of nitrogens with one attached hydrogen (secondary N) is 1. The van der Waals surface area contributed by atoms with Gasteiger partial charge in [-0.15, -0.1) is 0 Å². The summed E-state index contributed by atoms with van der Waals surface area (Å²) < 4.78 is 1.47. The third-order valence-electron chi connectivity index (χ3n) is 2.74. The van der Waals surface area contributed by atoms with Gasteiger partial charge in [0, 0.05) is 10.1 Å². The van der Waals surface area contributed by atoms with E-state index in [1.165, 1.54) is 26.7 Å². The van der Waals surface area contributed by atoms with Crippen molar-refractivity contribution in [2.45, 2.75) is 26.8 Å². The second-order valence-corrected chi connectivity index (χ2v) is 4.79. The zero-order valence-electron chi connectivity index (χ0n) is 8.08. The topological polar surface area (TPSA) is 12.0 Å². The van der Waals surface area contributed by atoms with Crippen LogP contribution in [-0.4, -0.2) is 6.54 Å². The fourth-order valence-corrected chi connectivity index (χ4v) is 2.77. The molecule has 0 radical (unpaired) electrons. The van der Waals surface area contributed by atoms with Crippen LogP contribution in [0.3, 0.4) is 0 Å². The largest absolute Gasteiger partial charge is 0.312 e. The van der Waals surface area contributed by atoms with Gasteiger partial charge >= 0.3 is 0 Å². The summed E-state index contributed by atoms with van der Waals surface area (Å²) in [6.45, 7) is 6.61. The molecule has 1 heterocycles. The molecule has 1 aliphatic rings. The van der Waals surface area contributed by atoms with Crippen LogP contribution < -0.4 is 5.32 Å². The molecular formula is C11H14IN. The van der Waals surface area contributed by atoms with Crippen molar-refractivity contribution < 1.29 is 0 Å². The number of rotatable bonds is 0. The van der Waals surface area contributed by atoms with Gasteiger partial charge in [0.25, 0.3) is 0 Å². The average Bonchev–Trinajstić information content (AvgIpc) is 2.15. The zero-order valence-corrected chi connectivity index (χ0v) is 10.2. The molecule has 70 valence electrons. The van der Waals surface area contributed by atoms with Crippen LogP contribution >= 0.6 is 22.6 Å². The maximum Gasteiger partial charge on any atom is 0.0211 e. The summed E-state index contributed by atoms with van der Waals surface area (Å²) in [6, 6.07) is 2.30. The van der Waals surface area contributed by atoms with Crippen LogP contribution in [0.15, 0.2) is 6.07 Å². The summed E-state index contributed by atoms with van der Waals surface area (Å²) in [4.78, 5) is 0. The maximum absolute atomic E-state index is 3.43. The minimum atomic E-state index is 1.05. The Bertz CT molecular complexity index is 344. The molecule has 0 fully saturated rings. The quantitative estimate of drug-likeness (QED) is 0.723. The molecule has 0 saturated carbocycles. The average molecular weight is 287 g/mol. The molecule has 0 atom stereocenters. The monoisotopic (exact) mass is 287 g/mol. The van der Waals surface area contributed by atoms with Crippen molar-refractivity contribution in [3.8, 4) is 0 Å². The lowest BCUT2D eigenvalue weighted by Crippen LogP contribution is -2.25. The fraction of sp³-hybridized carbons (Fsp3) is 0.455. The lowest BCUT2D eigenvalue weighted by molar-refractivity contribution is 0.637. The fourth-order valence-electron chi connectivity index (χ4n) is 2.02. The van der Waals surface area contributed by atoms with Crippen LogP contribution in [0.4, 0.5) is 0 Å². The first-order valence-electron chi connectivity index (χ1n) is 4.68. The van der Waals surface area contributed by atoms with Crippen molar-refractivity contribution in [3.63, 3.8) is 0 Å². The van der Waals surface area contributed by atoms with E-state index in [1.54, 1.807) is 5.56 Å². The Morgan fingerprint density at radius 2 is 2.00 bits per heavy atom. The van der Waals surface area contributed by atoms with E-state index in [4.69, 9.17) is 0 Å². The van der Waals surface area contributed by atoms with E-state index in [0.29, 0.717) is 0 Å². The molecule has 1 aromatic carbocycles. The van der Waals surface area contributed by atoms with Crippen molar-refractivity contribution in [1.82, 2.24) is 5.32 Å². The highest BCUT2D eigenvalue weighted by molar-refractivity contribution is 14.1. The lowest BCUT2D eigenvalue weighted by atomic mass is 9.94. The van der Waals surface area contributed by atoms with Gasteiger partial charge in [0.15, 0.2) is 0 Å². The summed E-state index contributed by atoms with van der Waals surface area (Å²) >= 11 is 2.48. The highest BCUT2D eigenvalue weighted by Gasteiger charge is 2.15. The van der Waals surface area contributed by atoms with E-state index in [0.717, 1.165) is 13.1 Å². The summed E-state index contributed by atoms with van der Waals surface area (Å²) in [5.74, 6) is 0. The van der Waals surface area contributed by atoms with Crippen molar-refractivity contribution in [1.29, 1.82) is 0 Å². The molecule has 0 spiro atoms. The second-order valence-electron chi connectivity index (χ2n) is 3.71. The van der Waals surface area contributed by atoms with Gasteiger partial charge in [0.05, 0.1) is 0 Å². The number of aryl methyl sites for hydroxylation is 2. The van der Waals surface area contributed by atoms with E-state index in [-0.39, 0.29) is 0 Å². The number of hydrogen-bond acceptors (Lipinski definition) is 1. The minimum Gasteiger partial charge on any atom is -0.312 e. The summed E-state index contributed by atoms with van der Waals surface area (Å²) in [6.07, 6.45) is 1.19. The van der Waals surface area contributed by atoms with Crippen LogP contribution in [0.5, 0.6) is 0 Å². The van der Waals surface area contributed by atoms with Gasteiger partial charge in [-0.1, -0.05) is 6.07 Å². The minimum absolute atomic E-state index is 1.05. The molecule has 1 N–H and O–H groups in total. The third-order valence-corrected chi connectivity index (χ3v) is 4.24. The summed E-state index contributed by atoms with van der Waals surface area (Å²) in [5.41, 5.74) is 5.98. The maximum atomic E-state index is 3.43. The van der Waals surface area contributed by atoms with Crippen LogP contribution in [-0.2, 0) is 13.0 Å². The molecule has 0 amide bonds. The Labute approximate surface area is 93.1 Å². The van der Waals surface area contributed by atoms with Crippen LogP contribution in [0.2, 0.25) is 0 Å². The Kier molecular flexibility index (Phi) is 2.60. The first kappa shape index (κ1) is 9.46. The van der Waals surface area contributed by atoms with Crippen molar-refractivity contribution >= 4 is 22.6 Å². The van der Waals surface area contributed by atoms with E-state index in [2.05, 4.69) is 47.8 Å². The molecule has 1 nitrogen and oxygen atoms in total. The predicted octanol–water partition coefficient (Wildman–Crippen LogP) is 2.55. The number of halogens is 1. The van der Waals surface area contributed by atoms with Crippen LogP contribution in [0.1, 0.15) is 22.3 Å². The highest BCUT2D eigenvalue weighted by Crippen LogP contribution is 2.26. The number of benzene rings is 1. The Morgan fingerprint density at radius 1 is 1.23 bits per heavy atom. The van der Waals surface area contributed by atoms with E-state index in [9.17, 15) is 0 Å². The summed E-state index contributed by atoms with van der Waals surface area (Å²) in [5, 5.41) is 3.43. The molecule has 0 aromatic heterocycles. The van der Waals surface area contributed by atoms with E-state index >= 15 is 0 Å². The highest BCUT2D eigenvalue weighted by atomic mass is 127. The zero-order chi connectivity index (χ0) is 9.42. The van der Waals surface area contributed by atoms with Crippen LogP contribution in [0, 0.1) is 17.4 Å². The smallest absolute Gasteiger partial charge is 0.0211 e. The molecule has 0 aliphatic carbocycles. The number of hydrogen-bond donors (Lipinski definition) is 1. The summed E-state index contributed by atoms with van der Waals surface area (Å²) in [7, 11) is 0. The molecule has 0 bridgehead atoms. The molecule has 2 heteroatoms. The van der Waals surface area contributed by atoms with Crippen molar-refractivity contribution in [2.75, 3.05) is 6.54 Å². The predicted molar refractivity (Wildman–Crippen MR) is 64.0 cm³/mol. The van der Waals surface area contributed by atoms with Crippen LogP contribution in [0.25, 0.3) is 0 Å². The molecule has 0 unspecified atom stereocenters. The lowest BCUT2D eigenvalue weighted by Gasteiger charge is -2.22. The first-order chi connectivity index (χ1) is 6.20. The molecule has 13 heavy (non-hydrogen) atoms. The van der Waals surface area contributed by atoms with Crippen molar-refractivity contribution in [3.05, 3.63) is 31.9 Å². The van der Waals surface area contributed by atoms with Gasteiger partial charge in [0.2, 0.25) is 0 Å². The normalized spacial score (nSPS) is 15.6. The Morgan fingerprint density at radius 3 is 2.77 bits per heavy atom. The standard InChI is InChI=1S/C11H14IN/c1-7-5-8(2)11(12)9-3-4-13-6-10(7)9/h5,13H,3-4,6H2,1-2H3. The first-order valence-corrected chi connectivity index (χ1v) is 5.76. The second kappa shape index (κ2) is 3.58. The van der Waals surface area contributed by atoms with Crippen molar-refractivity contribution in [2.24, 2.45) is 0 Å². The Hall–Kier alpha value is -0.0900. The van der Waals surface area contributed by atoms with Gasteiger partial charge in [-0.05, 0) is 71.7 Å². The molecule has 2 rings (SSSR count). The Balaban J connectivity index is 2.63. The molecule has 0 saturated heterocycles. The number of fused-ring (bicyclic) bond motifs is 1. The van der Waals surface area contributed by atoms with E-state index < -0.39 is 0 Å². The molecule has 1 aliphatic heterocycles.